The summed E-state index contributed by atoms with van der Waals surface area (Å²) < 4.78 is 6.44. The second kappa shape index (κ2) is 6.63. The van der Waals surface area contributed by atoms with Crippen molar-refractivity contribution in [1.29, 1.82) is 0 Å². The van der Waals surface area contributed by atoms with E-state index in [1.165, 1.54) is 25.7 Å². The highest BCUT2D eigenvalue weighted by molar-refractivity contribution is 9.10. The van der Waals surface area contributed by atoms with Gasteiger partial charge in [-0.2, -0.15) is 0 Å². The summed E-state index contributed by atoms with van der Waals surface area (Å²) in [4.78, 5) is 2.42. The normalized spacial score (nSPS) is 28.8. The molecule has 1 aromatic heterocycles. The van der Waals surface area contributed by atoms with Gasteiger partial charge in [-0.3, -0.25) is 0 Å². The van der Waals surface area contributed by atoms with E-state index in [1.807, 2.05) is 12.1 Å². The van der Waals surface area contributed by atoms with Crippen molar-refractivity contribution < 1.29 is 4.42 Å². The molecule has 0 radical (unpaired) electrons. The van der Waals surface area contributed by atoms with Crippen LogP contribution in [0.2, 0.25) is 0 Å². The van der Waals surface area contributed by atoms with Gasteiger partial charge in [-0.25, -0.2) is 0 Å². The predicted molar refractivity (Wildman–Crippen MR) is 86.9 cm³/mol. The zero-order chi connectivity index (χ0) is 14.8. The van der Waals surface area contributed by atoms with Crippen LogP contribution in [-0.4, -0.2) is 31.1 Å². The Labute approximate surface area is 131 Å². The van der Waals surface area contributed by atoms with E-state index in [1.54, 1.807) is 0 Å². The van der Waals surface area contributed by atoms with Crippen molar-refractivity contribution in [1.82, 2.24) is 10.2 Å². The minimum Gasteiger partial charge on any atom is -0.453 e. The third kappa shape index (κ3) is 3.66. The fourth-order valence-electron chi connectivity index (χ4n) is 3.36. The van der Waals surface area contributed by atoms with Gasteiger partial charge in [-0.1, -0.05) is 19.8 Å². The van der Waals surface area contributed by atoms with Gasteiger partial charge >= 0.3 is 0 Å². The Balaban J connectivity index is 1.98. The molecule has 0 aromatic carbocycles. The van der Waals surface area contributed by atoms with Crippen LogP contribution in [0.25, 0.3) is 0 Å². The van der Waals surface area contributed by atoms with Crippen molar-refractivity contribution in [2.75, 3.05) is 20.6 Å². The molecule has 0 spiro atoms. The fourth-order valence-corrected chi connectivity index (χ4v) is 3.68. The summed E-state index contributed by atoms with van der Waals surface area (Å²) in [6, 6.07) is 4.24. The number of nitrogens with one attached hydrogen (secondary N) is 1. The van der Waals surface area contributed by atoms with Gasteiger partial charge in [0.1, 0.15) is 5.76 Å². The van der Waals surface area contributed by atoms with E-state index in [4.69, 9.17) is 4.42 Å². The third-order valence-corrected chi connectivity index (χ3v) is 5.20. The number of hydrogen-bond acceptors (Lipinski definition) is 3. The zero-order valence-electron chi connectivity index (χ0n) is 13.1. The zero-order valence-corrected chi connectivity index (χ0v) is 14.7. The summed E-state index contributed by atoms with van der Waals surface area (Å²) in [6.45, 7) is 5.56. The van der Waals surface area contributed by atoms with E-state index in [0.29, 0.717) is 0 Å². The number of likely N-dealkylation sites (N-methyl/N-ethyl adjacent to an activating group) is 1. The van der Waals surface area contributed by atoms with Crippen LogP contribution in [0.15, 0.2) is 21.2 Å². The van der Waals surface area contributed by atoms with E-state index in [2.05, 4.69) is 54.1 Å². The van der Waals surface area contributed by atoms with Crippen LogP contribution in [-0.2, 0) is 0 Å². The van der Waals surface area contributed by atoms with Crippen molar-refractivity contribution in [2.45, 2.75) is 51.1 Å². The second-order valence-electron chi connectivity index (χ2n) is 6.56. The Kier molecular flexibility index (Phi) is 5.32. The van der Waals surface area contributed by atoms with Gasteiger partial charge in [-0.05, 0) is 67.8 Å². The summed E-state index contributed by atoms with van der Waals surface area (Å²) in [5.74, 6) is 1.82. The molecule has 0 aliphatic heterocycles. The summed E-state index contributed by atoms with van der Waals surface area (Å²) in [6.07, 6.45) is 5.27. The maximum atomic E-state index is 5.64. The molecule has 1 aliphatic rings. The highest BCUT2D eigenvalue weighted by atomic mass is 79.9. The molecular weight excluding hydrogens is 316 g/mol. The van der Waals surface area contributed by atoms with E-state index < -0.39 is 0 Å². The van der Waals surface area contributed by atoms with Crippen LogP contribution >= 0.6 is 15.9 Å². The van der Waals surface area contributed by atoms with Gasteiger partial charge in [0.15, 0.2) is 4.67 Å². The van der Waals surface area contributed by atoms with Gasteiger partial charge in [0.2, 0.25) is 0 Å². The molecule has 3 unspecified atom stereocenters. The lowest BCUT2D eigenvalue weighted by Gasteiger charge is -2.46. The standard InChI is InChI=1S/C16H27BrN2O/c1-12-6-5-9-16(10-12,19(3)4)11-18-13(2)14-7-8-15(17)20-14/h7-8,12-13,18H,5-6,9-11H2,1-4H3. The molecule has 1 fully saturated rings. The van der Waals surface area contributed by atoms with Crippen molar-refractivity contribution in [3.8, 4) is 0 Å². The van der Waals surface area contributed by atoms with Gasteiger partial charge in [0.05, 0.1) is 6.04 Å². The van der Waals surface area contributed by atoms with Crippen molar-refractivity contribution in [3.05, 3.63) is 22.6 Å². The van der Waals surface area contributed by atoms with Crippen LogP contribution in [0, 0.1) is 5.92 Å². The SMILES string of the molecule is CC1CCCC(CNC(C)c2ccc(Br)o2)(N(C)C)C1. The van der Waals surface area contributed by atoms with Crippen molar-refractivity contribution >= 4 is 15.9 Å². The summed E-state index contributed by atoms with van der Waals surface area (Å²) in [5, 5.41) is 3.67. The minimum absolute atomic E-state index is 0.246. The molecule has 0 saturated heterocycles. The molecule has 1 aliphatic carbocycles. The fraction of sp³-hybridized carbons (Fsp3) is 0.750. The molecule has 1 N–H and O–H groups in total. The molecule has 0 amide bonds. The van der Waals surface area contributed by atoms with Gasteiger partial charge in [-0.15, -0.1) is 0 Å². The first-order chi connectivity index (χ1) is 9.43. The molecule has 4 heteroatoms. The molecule has 2 rings (SSSR count). The molecule has 0 bridgehead atoms. The topological polar surface area (TPSA) is 28.4 Å². The molecule has 1 heterocycles. The maximum absolute atomic E-state index is 5.64. The first-order valence-corrected chi connectivity index (χ1v) is 8.38. The molecule has 114 valence electrons. The lowest BCUT2D eigenvalue weighted by molar-refractivity contribution is 0.0720. The van der Waals surface area contributed by atoms with Crippen LogP contribution < -0.4 is 5.32 Å². The first kappa shape index (κ1) is 16.1. The average molecular weight is 343 g/mol. The molecule has 3 nitrogen and oxygen atoms in total. The van der Waals surface area contributed by atoms with Crippen LogP contribution in [0.3, 0.4) is 0 Å². The van der Waals surface area contributed by atoms with Crippen LogP contribution in [0.4, 0.5) is 0 Å². The summed E-state index contributed by atoms with van der Waals surface area (Å²) in [7, 11) is 4.43. The quantitative estimate of drug-likeness (QED) is 0.868. The number of halogens is 1. The Bertz CT molecular complexity index is 432. The third-order valence-electron chi connectivity index (χ3n) is 4.77. The van der Waals surface area contributed by atoms with Crippen LogP contribution in [0.1, 0.15) is 51.3 Å². The number of furan rings is 1. The summed E-state index contributed by atoms with van der Waals surface area (Å²) in [5.41, 5.74) is 0.287. The molecule has 3 atom stereocenters. The monoisotopic (exact) mass is 342 g/mol. The highest BCUT2D eigenvalue weighted by Gasteiger charge is 2.37. The molecule has 1 saturated carbocycles. The van der Waals surface area contributed by atoms with Gasteiger partial charge < -0.3 is 14.6 Å². The summed E-state index contributed by atoms with van der Waals surface area (Å²) >= 11 is 3.37. The maximum Gasteiger partial charge on any atom is 0.169 e. The van der Waals surface area contributed by atoms with Gasteiger partial charge in [0, 0.05) is 12.1 Å². The molecule has 1 aromatic rings. The number of nitrogens with zero attached hydrogens (tertiary/aromatic N) is 1. The lowest BCUT2D eigenvalue weighted by atomic mass is 9.75. The molecule has 20 heavy (non-hydrogen) atoms. The van der Waals surface area contributed by atoms with E-state index >= 15 is 0 Å². The first-order valence-electron chi connectivity index (χ1n) is 7.59. The van der Waals surface area contributed by atoms with E-state index in [-0.39, 0.29) is 11.6 Å². The van der Waals surface area contributed by atoms with Gasteiger partial charge in [0.25, 0.3) is 0 Å². The van der Waals surface area contributed by atoms with E-state index in [9.17, 15) is 0 Å². The number of rotatable bonds is 5. The van der Waals surface area contributed by atoms with Crippen molar-refractivity contribution in [2.24, 2.45) is 5.92 Å². The minimum atomic E-state index is 0.246. The largest absolute Gasteiger partial charge is 0.453 e. The van der Waals surface area contributed by atoms with E-state index in [0.717, 1.165) is 22.9 Å². The number of hydrogen-bond donors (Lipinski definition) is 1. The molecular formula is C16H27BrN2O. The Morgan fingerprint density at radius 2 is 2.25 bits per heavy atom. The highest BCUT2D eigenvalue weighted by Crippen LogP contribution is 2.35. The Hall–Kier alpha value is -0.320. The Morgan fingerprint density at radius 1 is 1.50 bits per heavy atom. The van der Waals surface area contributed by atoms with Crippen LogP contribution in [0.5, 0.6) is 0 Å². The average Bonchev–Trinajstić information content (AvgIpc) is 2.82. The Morgan fingerprint density at radius 3 is 2.80 bits per heavy atom. The second-order valence-corrected chi connectivity index (χ2v) is 7.35. The van der Waals surface area contributed by atoms with Crippen molar-refractivity contribution in [3.63, 3.8) is 0 Å². The smallest absolute Gasteiger partial charge is 0.169 e. The predicted octanol–water partition coefficient (Wildman–Crippen LogP) is 4.20. The lowest BCUT2D eigenvalue weighted by Crippen LogP contribution is -2.54.